The molecule has 0 saturated carbocycles. The number of hydrogen-bond acceptors (Lipinski definition) is 11. The normalized spacial score (nSPS) is 19.4. The molecular weight excluding hydrogens is 633 g/mol. The molecule has 224 valence electrons. The molecule has 44 heavy (non-hydrogen) atoms. The molecule has 2 aromatic heterocycles. The number of nitrogens with two attached hydrogens (primary N) is 1. The average Bonchev–Trinajstić information content (AvgIpc) is 3.43. The predicted octanol–water partition coefficient (Wildman–Crippen LogP) is 2.29. The summed E-state index contributed by atoms with van der Waals surface area (Å²) in [6.07, 6.45) is 3.11. The van der Waals surface area contributed by atoms with Crippen LogP contribution in [0, 0.1) is 16.0 Å². The number of carbonyl (C=O) groups excluding carboxylic acids is 3. The van der Waals surface area contributed by atoms with Gasteiger partial charge in [0.1, 0.15) is 11.8 Å². The monoisotopic (exact) mass is 652 g/mol. The Morgan fingerprint density at radius 2 is 1.75 bits per heavy atom. The fourth-order valence-corrected chi connectivity index (χ4v) is 8.51. The number of thiazole rings is 1. The van der Waals surface area contributed by atoms with Crippen molar-refractivity contribution >= 4 is 67.9 Å². The van der Waals surface area contributed by atoms with Gasteiger partial charge in [0, 0.05) is 41.0 Å². The average molecular weight is 653 g/mol. The van der Waals surface area contributed by atoms with E-state index in [4.69, 9.17) is 5.14 Å². The van der Waals surface area contributed by atoms with E-state index in [1.807, 2.05) is 0 Å². The number of rotatable bonds is 7. The fourth-order valence-electron chi connectivity index (χ4n) is 5.22. The standard InChI is InChI=1S/C27H20N6O8S3/c28-44(40,41)18-9-3-15(4-10-18)30-19(34)13-31-26-23(43-27(31)37)20(14-2-1-11-29-12-14)21-22(42-26)25(36)32(24(21)35)16-5-7-17(8-6-16)33(38)39/h1-12,20-22H,13H2,(H,30,34)(H2,28,40,41)/t20-,21?,22?/m0/s1. The van der Waals surface area contributed by atoms with Gasteiger partial charge in [-0.3, -0.25) is 38.8 Å². The zero-order chi connectivity index (χ0) is 31.3. The number of nitro groups is 1. The minimum absolute atomic E-state index is 0.135. The number of nitro benzene ring substituents is 1. The van der Waals surface area contributed by atoms with Gasteiger partial charge in [-0.05, 0) is 48.0 Å². The van der Waals surface area contributed by atoms with Crippen LogP contribution in [0.25, 0.3) is 0 Å². The van der Waals surface area contributed by atoms with Crippen molar-refractivity contribution in [2.24, 2.45) is 11.1 Å². The maximum Gasteiger partial charge on any atom is 0.308 e. The van der Waals surface area contributed by atoms with E-state index >= 15 is 0 Å². The molecule has 0 radical (unpaired) electrons. The number of benzene rings is 2. The molecule has 6 rings (SSSR count). The van der Waals surface area contributed by atoms with Crippen LogP contribution in [0.5, 0.6) is 0 Å². The molecule has 3 N–H and O–H groups in total. The van der Waals surface area contributed by atoms with Crippen molar-refractivity contribution in [3.8, 4) is 0 Å². The van der Waals surface area contributed by atoms with Gasteiger partial charge in [0.15, 0.2) is 0 Å². The number of thioether (sulfide) groups is 1. The second-order valence-electron chi connectivity index (χ2n) is 9.85. The number of sulfonamides is 1. The van der Waals surface area contributed by atoms with Crippen LogP contribution in [0.3, 0.4) is 0 Å². The molecule has 1 saturated heterocycles. The van der Waals surface area contributed by atoms with Gasteiger partial charge in [-0.15, -0.1) is 0 Å². The molecule has 14 nitrogen and oxygen atoms in total. The molecule has 17 heteroatoms. The summed E-state index contributed by atoms with van der Waals surface area (Å²) in [6, 6.07) is 13.7. The van der Waals surface area contributed by atoms with Crippen LogP contribution in [-0.2, 0) is 31.0 Å². The first-order chi connectivity index (χ1) is 20.9. The number of nitrogens with one attached hydrogen (secondary N) is 1. The van der Waals surface area contributed by atoms with Crippen LogP contribution in [0.2, 0.25) is 0 Å². The first-order valence-electron chi connectivity index (χ1n) is 12.8. The molecule has 4 heterocycles. The Labute approximate surface area is 256 Å². The molecule has 2 aliphatic rings. The third kappa shape index (κ3) is 5.19. The molecule has 0 bridgehead atoms. The fraction of sp³-hybridized carbons (Fsp3) is 0.148. The van der Waals surface area contributed by atoms with E-state index in [-0.39, 0.29) is 22.0 Å². The topological polar surface area (TPSA) is 205 Å². The second-order valence-corrected chi connectivity index (χ2v) is 13.5. The molecule has 3 amide bonds. The molecule has 2 aromatic carbocycles. The summed E-state index contributed by atoms with van der Waals surface area (Å²) >= 11 is 1.89. The Kier molecular flexibility index (Phi) is 7.40. The highest BCUT2D eigenvalue weighted by atomic mass is 32.2. The van der Waals surface area contributed by atoms with Crippen molar-refractivity contribution in [1.29, 1.82) is 0 Å². The summed E-state index contributed by atoms with van der Waals surface area (Å²) in [6.45, 7) is -0.417. The molecule has 1 fully saturated rings. The Bertz CT molecular complexity index is 1990. The number of aromatic nitrogens is 2. The van der Waals surface area contributed by atoms with Crippen LogP contribution in [0.4, 0.5) is 17.1 Å². The lowest BCUT2D eigenvalue weighted by Crippen LogP contribution is -2.33. The number of fused-ring (bicyclic) bond motifs is 2. The lowest BCUT2D eigenvalue weighted by molar-refractivity contribution is -0.384. The zero-order valence-electron chi connectivity index (χ0n) is 22.2. The lowest BCUT2D eigenvalue weighted by atomic mass is 9.84. The number of hydrogen-bond donors (Lipinski definition) is 2. The third-order valence-electron chi connectivity index (χ3n) is 7.18. The van der Waals surface area contributed by atoms with E-state index in [2.05, 4.69) is 10.3 Å². The van der Waals surface area contributed by atoms with E-state index in [1.165, 1.54) is 53.1 Å². The number of pyridine rings is 1. The summed E-state index contributed by atoms with van der Waals surface area (Å²) in [5.41, 5.74) is 0.858. The molecule has 0 spiro atoms. The number of non-ortho nitro benzene ring substituents is 1. The number of anilines is 2. The van der Waals surface area contributed by atoms with Gasteiger partial charge in [-0.1, -0.05) is 29.2 Å². The van der Waals surface area contributed by atoms with Gasteiger partial charge in [-0.25, -0.2) is 18.5 Å². The highest BCUT2D eigenvalue weighted by Crippen LogP contribution is 2.53. The van der Waals surface area contributed by atoms with Crippen LogP contribution in [-0.4, -0.2) is 45.9 Å². The Balaban J connectivity index is 1.34. The van der Waals surface area contributed by atoms with Crippen LogP contribution in [0.1, 0.15) is 16.4 Å². The van der Waals surface area contributed by atoms with Crippen molar-refractivity contribution < 1.29 is 27.7 Å². The maximum atomic E-state index is 13.9. The SMILES string of the molecule is NS(=O)(=O)c1ccc(NC(=O)Cn2c3c(sc2=O)[C@@H](c2cccnc2)C2C(=O)N(c4ccc([N+](=O)[O-])cc4)C(=O)C2S3)cc1. The van der Waals surface area contributed by atoms with Gasteiger partial charge in [0.05, 0.1) is 26.5 Å². The summed E-state index contributed by atoms with van der Waals surface area (Å²) in [4.78, 5) is 69.5. The van der Waals surface area contributed by atoms with E-state index in [0.29, 0.717) is 15.5 Å². The highest BCUT2D eigenvalue weighted by molar-refractivity contribution is 8.00. The van der Waals surface area contributed by atoms with Crippen LogP contribution in [0.15, 0.2) is 87.8 Å². The zero-order valence-corrected chi connectivity index (χ0v) is 24.7. The van der Waals surface area contributed by atoms with Gasteiger partial charge < -0.3 is 5.32 Å². The highest BCUT2D eigenvalue weighted by Gasteiger charge is 2.57. The first-order valence-corrected chi connectivity index (χ1v) is 16.0. The third-order valence-corrected chi connectivity index (χ3v) is 10.7. The van der Waals surface area contributed by atoms with Gasteiger partial charge in [0.2, 0.25) is 27.7 Å². The van der Waals surface area contributed by atoms with Crippen molar-refractivity contribution in [1.82, 2.24) is 9.55 Å². The quantitative estimate of drug-likeness (QED) is 0.169. The summed E-state index contributed by atoms with van der Waals surface area (Å²) < 4.78 is 24.3. The van der Waals surface area contributed by atoms with Crippen LogP contribution < -0.4 is 20.2 Å². The second kappa shape index (κ2) is 11.1. The number of primary sulfonamides is 1. The number of carbonyl (C=O) groups is 3. The summed E-state index contributed by atoms with van der Waals surface area (Å²) in [5, 5.41) is 18.3. The molecule has 4 aromatic rings. The van der Waals surface area contributed by atoms with Crippen molar-refractivity contribution in [3.63, 3.8) is 0 Å². The smallest absolute Gasteiger partial charge is 0.308 e. The molecule has 2 unspecified atom stereocenters. The predicted molar refractivity (Wildman–Crippen MR) is 160 cm³/mol. The molecule has 0 aliphatic carbocycles. The summed E-state index contributed by atoms with van der Waals surface area (Å²) in [7, 11) is -3.92. The molecule has 3 atom stereocenters. The van der Waals surface area contributed by atoms with E-state index in [1.54, 1.807) is 24.5 Å². The maximum absolute atomic E-state index is 13.9. The number of amides is 3. The molecular formula is C27H20N6O8S3. The minimum Gasteiger partial charge on any atom is -0.325 e. The Morgan fingerprint density at radius 1 is 1.05 bits per heavy atom. The lowest BCUT2D eigenvalue weighted by Gasteiger charge is -2.30. The summed E-state index contributed by atoms with van der Waals surface area (Å²) in [5.74, 6) is -3.29. The number of nitrogens with zero attached hydrogens (tertiary/aromatic N) is 4. The van der Waals surface area contributed by atoms with E-state index < -0.39 is 61.2 Å². The van der Waals surface area contributed by atoms with Crippen molar-refractivity contribution in [2.45, 2.75) is 27.6 Å². The van der Waals surface area contributed by atoms with Crippen LogP contribution >= 0.6 is 23.1 Å². The Hall–Kier alpha value is -4.71. The number of imide groups is 1. The van der Waals surface area contributed by atoms with Crippen molar-refractivity contribution in [2.75, 3.05) is 10.2 Å². The van der Waals surface area contributed by atoms with E-state index in [0.717, 1.165) is 28.0 Å². The Morgan fingerprint density at radius 3 is 2.36 bits per heavy atom. The van der Waals surface area contributed by atoms with Gasteiger partial charge in [0.25, 0.3) is 5.69 Å². The largest absolute Gasteiger partial charge is 0.325 e. The molecule has 2 aliphatic heterocycles. The first kappa shape index (κ1) is 29.4. The minimum atomic E-state index is -3.92. The van der Waals surface area contributed by atoms with Gasteiger partial charge in [-0.2, -0.15) is 0 Å². The van der Waals surface area contributed by atoms with Crippen molar-refractivity contribution in [3.05, 3.63) is 103 Å². The van der Waals surface area contributed by atoms with E-state index in [9.17, 15) is 37.7 Å². The van der Waals surface area contributed by atoms with Gasteiger partial charge >= 0.3 is 4.87 Å².